The smallest absolute Gasteiger partial charge is 0.337 e. The highest BCUT2D eigenvalue weighted by Crippen LogP contribution is 2.13. The fourth-order valence-corrected chi connectivity index (χ4v) is 1.97. The van der Waals surface area contributed by atoms with E-state index in [4.69, 9.17) is 0 Å². The Morgan fingerprint density at radius 1 is 1.16 bits per heavy atom. The maximum Gasteiger partial charge on any atom is 0.337 e. The quantitative estimate of drug-likeness (QED) is 0.735. The predicted molar refractivity (Wildman–Crippen MR) is 94.8 cm³/mol. The van der Waals surface area contributed by atoms with Gasteiger partial charge in [0.1, 0.15) is 0 Å². The van der Waals surface area contributed by atoms with Crippen LogP contribution in [0.2, 0.25) is 0 Å². The minimum absolute atomic E-state index is 0.321. The number of carbonyl (C=O) groups excluding carboxylic acids is 2. The van der Waals surface area contributed by atoms with Crippen molar-refractivity contribution in [1.82, 2.24) is 14.9 Å². The Labute approximate surface area is 146 Å². The van der Waals surface area contributed by atoms with Gasteiger partial charge in [0, 0.05) is 31.2 Å². The summed E-state index contributed by atoms with van der Waals surface area (Å²) in [4.78, 5) is 34.0. The number of hydrogen-bond acceptors (Lipinski definition) is 7. The number of rotatable bonds is 7. The van der Waals surface area contributed by atoms with Crippen molar-refractivity contribution in [2.45, 2.75) is 0 Å². The number of aromatic nitrogens is 2. The lowest BCUT2D eigenvalue weighted by atomic mass is 10.2. The average molecular weight is 343 g/mol. The SMILES string of the molecule is COC(=O)c1cccc(NC(=O)c2cnc(NCCN(C)C)nc2)c1. The van der Waals surface area contributed by atoms with Crippen LogP contribution in [0.5, 0.6) is 0 Å². The molecule has 0 bridgehead atoms. The zero-order chi connectivity index (χ0) is 18.2. The first-order chi connectivity index (χ1) is 12.0. The van der Waals surface area contributed by atoms with Gasteiger partial charge >= 0.3 is 5.97 Å². The van der Waals surface area contributed by atoms with Crippen LogP contribution in [0.1, 0.15) is 20.7 Å². The van der Waals surface area contributed by atoms with Gasteiger partial charge in [0.05, 0.1) is 18.2 Å². The van der Waals surface area contributed by atoms with Crippen LogP contribution >= 0.6 is 0 Å². The molecule has 8 heteroatoms. The van der Waals surface area contributed by atoms with Crippen LogP contribution in [0.15, 0.2) is 36.7 Å². The van der Waals surface area contributed by atoms with E-state index in [9.17, 15) is 9.59 Å². The van der Waals surface area contributed by atoms with Crippen LogP contribution in [-0.2, 0) is 4.74 Å². The van der Waals surface area contributed by atoms with Gasteiger partial charge in [-0.05, 0) is 32.3 Å². The summed E-state index contributed by atoms with van der Waals surface area (Å²) in [7, 11) is 5.26. The number of esters is 1. The van der Waals surface area contributed by atoms with Crippen LogP contribution in [0.3, 0.4) is 0 Å². The van der Waals surface area contributed by atoms with E-state index in [0.29, 0.717) is 29.3 Å². The van der Waals surface area contributed by atoms with Gasteiger partial charge in [0.2, 0.25) is 5.95 Å². The van der Waals surface area contributed by atoms with Gasteiger partial charge in [-0.3, -0.25) is 4.79 Å². The molecule has 0 fully saturated rings. The van der Waals surface area contributed by atoms with Crippen molar-refractivity contribution < 1.29 is 14.3 Å². The molecule has 0 aliphatic rings. The van der Waals surface area contributed by atoms with Gasteiger partial charge in [0.25, 0.3) is 5.91 Å². The summed E-state index contributed by atoms with van der Waals surface area (Å²) < 4.78 is 4.66. The lowest BCUT2D eigenvalue weighted by Crippen LogP contribution is -2.21. The maximum atomic E-state index is 12.2. The minimum Gasteiger partial charge on any atom is -0.465 e. The molecule has 1 aromatic carbocycles. The Hall–Kier alpha value is -3.00. The third-order valence-electron chi connectivity index (χ3n) is 3.30. The molecular formula is C17H21N5O3. The molecule has 0 radical (unpaired) electrons. The van der Waals surface area contributed by atoms with Gasteiger partial charge in [-0.15, -0.1) is 0 Å². The standard InChI is InChI=1S/C17H21N5O3/c1-22(2)8-7-18-17-19-10-13(11-20-17)15(23)21-14-6-4-5-12(9-14)16(24)25-3/h4-6,9-11H,7-8H2,1-3H3,(H,21,23)(H,18,19,20). The second kappa shape index (κ2) is 8.74. The number of anilines is 2. The highest BCUT2D eigenvalue weighted by molar-refractivity contribution is 6.04. The summed E-state index contributed by atoms with van der Waals surface area (Å²) >= 11 is 0. The van der Waals surface area contributed by atoms with E-state index >= 15 is 0 Å². The highest BCUT2D eigenvalue weighted by atomic mass is 16.5. The van der Waals surface area contributed by atoms with E-state index < -0.39 is 5.97 Å². The molecule has 1 heterocycles. The largest absolute Gasteiger partial charge is 0.465 e. The average Bonchev–Trinajstić information content (AvgIpc) is 2.61. The molecule has 0 saturated carbocycles. The number of hydrogen-bond donors (Lipinski definition) is 2. The number of amides is 1. The summed E-state index contributed by atoms with van der Waals surface area (Å²) in [5.74, 6) is -0.361. The molecular weight excluding hydrogens is 322 g/mol. The zero-order valence-electron chi connectivity index (χ0n) is 14.4. The number of methoxy groups -OCH3 is 1. The van der Waals surface area contributed by atoms with Crippen LogP contribution in [0, 0.1) is 0 Å². The first-order valence-electron chi connectivity index (χ1n) is 7.70. The molecule has 1 amide bonds. The molecule has 132 valence electrons. The monoisotopic (exact) mass is 343 g/mol. The van der Waals surface area contributed by atoms with Crippen molar-refractivity contribution in [2.75, 3.05) is 44.9 Å². The molecule has 25 heavy (non-hydrogen) atoms. The lowest BCUT2D eigenvalue weighted by Gasteiger charge is -2.10. The molecule has 0 aliphatic carbocycles. The third kappa shape index (κ3) is 5.54. The maximum absolute atomic E-state index is 12.2. The second-order valence-electron chi connectivity index (χ2n) is 5.55. The molecule has 0 unspecified atom stereocenters. The molecule has 2 N–H and O–H groups in total. The van der Waals surface area contributed by atoms with E-state index in [1.54, 1.807) is 24.3 Å². The summed E-state index contributed by atoms with van der Waals surface area (Å²) in [6, 6.07) is 6.50. The summed E-state index contributed by atoms with van der Waals surface area (Å²) in [6.45, 7) is 1.56. The normalized spacial score (nSPS) is 10.4. The summed E-state index contributed by atoms with van der Waals surface area (Å²) in [5.41, 5.74) is 1.17. The van der Waals surface area contributed by atoms with Crippen molar-refractivity contribution in [3.8, 4) is 0 Å². The number of likely N-dealkylation sites (N-methyl/N-ethyl adjacent to an activating group) is 1. The van der Waals surface area contributed by atoms with Gasteiger partial charge in [-0.2, -0.15) is 0 Å². The van der Waals surface area contributed by atoms with Crippen molar-refractivity contribution in [2.24, 2.45) is 0 Å². The van der Waals surface area contributed by atoms with Gasteiger partial charge in [-0.25, -0.2) is 14.8 Å². The predicted octanol–water partition coefficient (Wildman–Crippen LogP) is 1.49. The summed E-state index contributed by atoms with van der Waals surface area (Å²) in [5, 5.41) is 5.77. The van der Waals surface area contributed by atoms with E-state index in [0.717, 1.165) is 6.54 Å². The van der Waals surface area contributed by atoms with Gasteiger partial charge in [0.15, 0.2) is 0 Å². The number of carbonyl (C=O) groups is 2. The number of nitrogens with zero attached hydrogens (tertiary/aromatic N) is 3. The van der Waals surface area contributed by atoms with Crippen LogP contribution < -0.4 is 10.6 Å². The second-order valence-corrected chi connectivity index (χ2v) is 5.55. The first kappa shape index (κ1) is 18.3. The molecule has 0 aliphatic heterocycles. The van der Waals surface area contributed by atoms with Crippen molar-refractivity contribution in [1.29, 1.82) is 0 Å². The molecule has 2 aromatic rings. The Kier molecular flexibility index (Phi) is 6.41. The van der Waals surface area contributed by atoms with Crippen LogP contribution in [-0.4, -0.2) is 61.0 Å². The highest BCUT2D eigenvalue weighted by Gasteiger charge is 2.10. The minimum atomic E-state index is -0.465. The van der Waals surface area contributed by atoms with Crippen molar-refractivity contribution >= 4 is 23.5 Å². The third-order valence-corrected chi connectivity index (χ3v) is 3.30. The molecule has 0 spiro atoms. The molecule has 1 aromatic heterocycles. The van der Waals surface area contributed by atoms with Gasteiger partial charge in [-0.1, -0.05) is 6.07 Å². The van der Waals surface area contributed by atoms with Gasteiger partial charge < -0.3 is 20.3 Å². The number of benzene rings is 1. The zero-order valence-corrected chi connectivity index (χ0v) is 14.4. The molecule has 2 rings (SSSR count). The number of nitrogens with one attached hydrogen (secondary N) is 2. The summed E-state index contributed by atoms with van der Waals surface area (Å²) in [6.07, 6.45) is 2.90. The lowest BCUT2D eigenvalue weighted by molar-refractivity contribution is 0.0600. The first-order valence-corrected chi connectivity index (χ1v) is 7.70. The van der Waals surface area contributed by atoms with E-state index in [-0.39, 0.29) is 5.91 Å². The molecule has 0 saturated heterocycles. The fraction of sp³-hybridized carbons (Fsp3) is 0.294. The Morgan fingerprint density at radius 3 is 2.52 bits per heavy atom. The Balaban J connectivity index is 1.98. The van der Waals surface area contributed by atoms with E-state index in [1.165, 1.54) is 19.5 Å². The molecule has 0 atom stereocenters. The Bertz CT molecular complexity index is 731. The van der Waals surface area contributed by atoms with Crippen LogP contribution in [0.4, 0.5) is 11.6 Å². The van der Waals surface area contributed by atoms with E-state index in [1.807, 2.05) is 19.0 Å². The van der Waals surface area contributed by atoms with Crippen molar-refractivity contribution in [3.63, 3.8) is 0 Å². The topological polar surface area (TPSA) is 96.4 Å². The number of ether oxygens (including phenoxy) is 1. The Morgan fingerprint density at radius 2 is 1.88 bits per heavy atom. The molecule has 8 nitrogen and oxygen atoms in total. The van der Waals surface area contributed by atoms with Crippen LogP contribution in [0.25, 0.3) is 0 Å². The fourth-order valence-electron chi connectivity index (χ4n) is 1.97. The van der Waals surface area contributed by atoms with Crippen molar-refractivity contribution in [3.05, 3.63) is 47.8 Å². The van der Waals surface area contributed by atoms with E-state index in [2.05, 4.69) is 25.3 Å².